The van der Waals surface area contributed by atoms with Crippen molar-refractivity contribution in [1.29, 1.82) is 0 Å². The lowest BCUT2D eigenvalue weighted by molar-refractivity contribution is 0.0692. The molecule has 0 fully saturated rings. The number of aromatic nitrogens is 2. The summed E-state index contributed by atoms with van der Waals surface area (Å²) in [4.78, 5) is 11.0. The van der Waals surface area contributed by atoms with Gasteiger partial charge in [-0.15, -0.1) is 0 Å². The average Bonchev–Trinajstić information content (AvgIpc) is 2.77. The summed E-state index contributed by atoms with van der Waals surface area (Å²) < 4.78 is 13.1. The number of methoxy groups -OCH3 is 1. The Labute approximate surface area is 108 Å². The van der Waals surface area contributed by atoms with Crippen LogP contribution in [0.5, 0.6) is 5.75 Å². The predicted octanol–water partition coefficient (Wildman–Crippen LogP) is 2.53. The number of nitrogens with zero attached hydrogens (tertiary/aromatic N) is 2. The molecular weight excluding hydrogens is 252 g/mol. The largest absolute Gasteiger partial charge is 0.496 e. The first-order valence-corrected chi connectivity index (χ1v) is 5.99. The van der Waals surface area contributed by atoms with Crippen LogP contribution < -0.4 is 4.74 Å². The van der Waals surface area contributed by atoms with Crippen LogP contribution in [-0.4, -0.2) is 26.9 Å². The molecular formula is C12H12N2O3S. The minimum Gasteiger partial charge on any atom is -0.496 e. The van der Waals surface area contributed by atoms with Crippen molar-refractivity contribution in [3.8, 4) is 17.0 Å². The second kappa shape index (κ2) is 4.73. The van der Waals surface area contributed by atoms with Crippen LogP contribution in [-0.2, 0) is 0 Å². The quantitative estimate of drug-likeness (QED) is 0.922. The number of aromatic carboxylic acids is 1. The number of benzene rings is 1. The van der Waals surface area contributed by atoms with Crippen molar-refractivity contribution in [2.24, 2.45) is 0 Å². The Morgan fingerprint density at radius 3 is 2.39 bits per heavy atom. The molecule has 0 saturated heterocycles. The van der Waals surface area contributed by atoms with Gasteiger partial charge in [0.2, 0.25) is 0 Å². The van der Waals surface area contributed by atoms with E-state index in [1.807, 2.05) is 26.0 Å². The highest BCUT2D eigenvalue weighted by Gasteiger charge is 2.18. The average molecular weight is 264 g/mol. The maximum Gasteiger partial charge on any atom is 0.357 e. The Hall–Kier alpha value is -1.95. The van der Waals surface area contributed by atoms with Crippen molar-refractivity contribution < 1.29 is 14.6 Å². The van der Waals surface area contributed by atoms with Gasteiger partial charge in [0.05, 0.1) is 18.8 Å². The Bertz CT molecular complexity index is 584. The van der Waals surface area contributed by atoms with Crippen molar-refractivity contribution >= 4 is 17.7 Å². The molecule has 0 spiro atoms. The SMILES string of the molecule is COc1c(C)cc(-c2nsnc2C(=O)O)cc1C. The maximum atomic E-state index is 11.0. The van der Waals surface area contributed by atoms with Gasteiger partial charge in [-0.3, -0.25) is 0 Å². The molecule has 0 aliphatic rings. The fourth-order valence-electron chi connectivity index (χ4n) is 1.93. The number of hydrogen-bond acceptors (Lipinski definition) is 5. The number of ether oxygens (including phenoxy) is 1. The smallest absolute Gasteiger partial charge is 0.357 e. The van der Waals surface area contributed by atoms with Crippen LogP contribution in [0.1, 0.15) is 21.6 Å². The van der Waals surface area contributed by atoms with E-state index >= 15 is 0 Å². The summed E-state index contributed by atoms with van der Waals surface area (Å²) in [6.07, 6.45) is 0. The number of carbonyl (C=O) groups is 1. The normalized spacial score (nSPS) is 10.4. The molecule has 0 unspecified atom stereocenters. The fourth-order valence-corrected chi connectivity index (χ4v) is 2.49. The summed E-state index contributed by atoms with van der Waals surface area (Å²) in [5, 5.41) is 9.03. The minimum absolute atomic E-state index is 0.0102. The standard InChI is InChI=1S/C12H12N2O3S/c1-6-4-8(5-7(2)11(6)17-3)9-10(12(15)16)14-18-13-9/h4-5H,1-3H3,(H,15,16). The van der Waals surface area contributed by atoms with Crippen LogP contribution in [0.25, 0.3) is 11.3 Å². The van der Waals surface area contributed by atoms with E-state index in [1.54, 1.807) is 7.11 Å². The highest BCUT2D eigenvalue weighted by Crippen LogP contribution is 2.30. The van der Waals surface area contributed by atoms with E-state index in [-0.39, 0.29) is 5.69 Å². The van der Waals surface area contributed by atoms with Crippen molar-refractivity contribution in [2.75, 3.05) is 7.11 Å². The fraction of sp³-hybridized carbons (Fsp3) is 0.250. The second-order valence-electron chi connectivity index (χ2n) is 3.91. The summed E-state index contributed by atoms with van der Waals surface area (Å²) in [5.41, 5.74) is 3.02. The van der Waals surface area contributed by atoms with Crippen LogP contribution in [0, 0.1) is 13.8 Å². The Kier molecular flexibility index (Phi) is 3.29. The predicted molar refractivity (Wildman–Crippen MR) is 68.3 cm³/mol. The molecule has 5 nitrogen and oxygen atoms in total. The molecule has 94 valence electrons. The van der Waals surface area contributed by atoms with Gasteiger partial charge in [0.25, 0.3) is 0 Å². The number of aryl methyl sites for hydroxylation is 2. The van der Waals surface area contributed by atoms with E-state index in [1.165, 1.54) is 0 Å². The second-order valence-corrected chi connectivity index (χ2v) is 4.44. The molecule has 0 aliphatic heterocycles. The lowest BCUT2D eigenvalue weighted by Gasteiger charge is -2.10. The molecule has 0 atom stereocenters. The van der Waals surface area contributed by atoms with Gasteiger partial charge < -0.3 is 9.84 Å². The summed E-state index contributed by atoms with van der Waals surface area (Å²) in [5.74, 6) is -0.260. The van der Waals surface area contributed by atoms with E-state index in [9.17, 15) is 4.79 Å². The number of rotatable bonds is 3. The molecule has 18 heavy (non-hydrogen) atoms. The zero-order valence-electron chi connectivity index (χ0n) is 10.2. The Morgan fingerprint density at radius 1 is 1.28 bits per heavy atom. The van der Waals surface area contributed by atoms with Crippen LogP contribution in [0.4, 0.5) is 0 Å². The molecule has 0 radical (unpaired) electrons. The van der Waals surface area contributed by atoms with Gasteiger partial charge >= 0.3 is 5.97 Å². The molecule has 1 aromatic heterocycles. The molecule has 2 rings (SSSR count). The molecule has 1 N–H and O–H groups in total. The van der Waals surface area contributed by atoms with Crippen LogP contribution in [0.3, 0.4) is 0 Å². The van der Waals surface area contributed by atoms with Gasteiger partial charge in [-0.2, -0.15) is 8.75 Å². The van der Waals surface area contributed by atoms with E-state index in [4.69, 9.17) is 9.84 Å². The molecule has 0 bridgehead atoms. The Morgan fingerprint density at radius 2 is 1.89 bits per heavy atom. The molecule has 0 aliphatic carbocycles. The minimum atomic E-state index is -1.06. The number of carboxylic acids is 1. The van der Waals surface area contributed by atoms with Gasteiger partial charge in [0.1, 0.15) is 11.4 Å². The van der Waals surface area contributed by atoms with Crippen molar-refractivity contribution in [3.63, 3.8) is 0 Å². The third kappa shape index (κ3) is 2.06. The van der Waals surface area contributed by atoms with Crippen LogP contribution in [0.2, 0.25) is 0 Å². The zero-order chi connectivity index (χ0) is 13.3. The molecule has 6 heteroatoms. The summed E-state index contributed by atoms with van der Waals surface area (Å²) in [6.45, 7) is 3.82. The van der Waals surface area contributed by atoms with Crippen LogP contribution >= 0.6 is 11.7 Å². The first kappa shape index (κ1) is 12.5. The first-order valence-electron chi connectivity index (χ1n) is 5.26. The van der Waals surface area contributed by atoms with Crippen molar-refractivity contribution in [2.45, 2.75) is 13.8 Å². The van der Waals surface area contributed by atoms with Gasteiger partial charge in [-0.25, -0.2) is 4.79 Å². The maximum absolute atomic E-state index is 11.0. The highest BCUT2D eigenvalue weighted by atomic mass is 32.1. The van der Waals surface area contributed by atoms with Gasteiger partial charge in [0.15, 0.2) is 5.69 Å². The third-order valence-electron chi connectivity index (χ3n) is 2.63. The lowest BCUT2D eigenvalue weighted by Crippen LogP contribution is -2.00. The van der Waals surface area contributed by atoms with Gasteiger partial charge in [-0.05, 0) is 37.1 Å². The third-order valence-corrected chi connectivity index (χ3v) is 3.16. The molecule has 1 aromatic carbocycles. The zero-order valence-corrected chi connectivity index (χ0v) is 11.0. The Balaban J connectivity index is 2.58. The van der Waals surface area contributed by atoms with E-state index < -0.39 is 5.97 Å². The van der Waals surface area contributed by atoms with Crippen LogP contribution in [0.15, 0.2) is 12.1 Å². The highest BCUT2D eigenvalue weighted by molar-refractivity contribution is 6.99. The molecule has 1 heterocycles. The van der Waals surface area contributed by atoms with Gasteiger partial charge in [-0.1, -0.05) is 0 Å². The molecule has 2 aromatic rings. The van der Waals surface area contributed by atoms with Crippen molar-refractivity contribution in [1.82, 2.24) is 8.75 Å². The van der Waals surface area contributed by atoms with E-state index in [0.29, 0.717) is 5.69 Å². The summed E-state index contributed by atoms with van der Waals surface area (Å²) in [6, 6.07) is 3.71. The molecule has 0 amide bonds. The summed E-state index contributed by atoms with van der Waals surface area (Å²) >= 11 is 0.899. The first-order chi connectivity index (χ1) is 8.54. The summed E-state index contributed by atoms with van der Waals surface area (Å²) in [7, 11) is 1.61. The van der Waals surface area contributed by atoms with Crippen molar-refractivity contribution in [3.05, 3.63) is 29.0 Å². The number of hydrogen-bond donors (Lipinski definition) is 1. The number of carboxylic acid groups (broad SMARTS) is 1. The lowest BCUT2D eigenvalue weighted by atomic mass is 10.0. The molecule has 0 saturated carbocycles. The van der Waals surface area contributed by atoms with E-state index in [0.717, 1.165) is 34.2 Å². The monoisotopic (exact) mass is 264 g/mol. The van der Waals surface area contributed by atoms with Gasteiger partial charge in [0, 0.05) is 5.56 Å². The van der Waals surface area contributed by atoms with E-state index in [2.05, 4.69) is 8.75 Å². The topological polar surface area (TPSA) is 72.3 Å².